The molecule has 1 aliphatic heterocycles. The van der Waals surface area contributed by atoms with Gasteiger partial charge in [0.25, 0.3) is 0 Å². The number of hydrogen-bond donors (Lipinski definition) is 0. The Hall–Kier alpha value is -1.88. The van der Waals surface area contributed by atoms with Gasteiger partial charge in [0.15, 0.2) is 5.78 Å². The Morgan fingerprint density at radius 3 is 2.70 bits per heavy atom. The monoisotopic (exact) mass is 386 g/mol. The van der Waals surface area contributed by atoms with Crippen LogP contribution >= 0.6 is 11.8 Å². The summed E-state index contributed by atoms with van der Waals surface area (Å²) < 4.78 is 5.53. The first kappa shape index (κ1) is 19.9. The third kappa shape index (κ3) is 4.18. The van der Waals surface area contributed by atoms with Crippen LogP contribution < -0.4 is 0 Å². The summed E-state index contributed by atoms with van der Waals surface area (Å²) in [7, 11) is 0. The average Bonchev–Trinajstić information content (AvgIpc) is 2.93. The maximum atomic E-state index is 12.6. The van der Waals surface area contributed by atoms with Gasteiger partial charge >= 0.3 is 5.97 Å². The van der Waals surface area contributed by atoms with Gasteiger partial charge < -0.3 is 4.74 Å². The molecule has 4 nitrogen and oxygen atoms in total. The van der Waals surface area contributed by atoms with Crippen LogP contribution in [-0.2, 0) is 20.9 Å². The van der Waals surface area contributed by atoms with E-state index in [0.29, 0.717) is 5.56 Å². The zero-order valence-corrected chi connectivity index (χ0v) is 17.1. The predicted octanol–water partition coefficient (Wildman–Crippen LogP) is 4.43. The molecule has 0 spiro atoms. The van der Waals surface area contributed by atoms with E-state index in [9.17, 15) is 14.4 Å². The highest BCUT2D eigenvalue weighted by molar-refractivity contribution is 8.14. The number of hydrogen-bond acceptors (Lipinski definition) is 5. The summed E-state index contributed by atoms with van der Waals surface area (Å²) in [6.07, 6.45) is 2.77. The van der Waals surface area contributed by atoms with E-state index in [4.69, 9.17) is 4.74 Å². The van der Waals surface area contributed by atoms with Crippen LogP contribution in [0.4, 0.5) is 0 Å². The summed E-state index contributed by atoms with van der Waals surface area (Å²) in [5, 5.41) is 0.136. The third-order valence-electron chi connectivity index (χ3n) is 5.53. The van der Waals surface area contributed by atoms with E-state index in [-0.39, 0.29) is 46.6 Å². The average molecular weight is 387 g/mol. The van der Waals surface area contributed by atoms with Gasteiger partial charge in [-0.25, -0.2) is 0 Å². The first-order chi connectivity index (χ1) is 12.7. The van der Waals surface area contributed by atoms with E-state index in [1.807, 2.05) is 45.9 Å². The molecule has 3 rings (SSSR count). The standard InChI is InChI=1S/C22H26O4S/c1-13(2)19(23)15-7-5-6-14(10-15)12-26-20(24)18-17(22(18,3)4)11-16-8-9-27-21(16)25/h5-7,10-11,13,17-18H,8-9,12H2,1-4H3/b16-11+/t17-,18-/m0/s1. The van der Waals surface area contributed by atoms with Crippen molar-refractivity contribution < 1.29 is 19.1 Å². The van der Waals surface area contributed by atoms with Crippen LogP contribution in [0, 0.1) is 23.2 Å². The molecule has 0 amide bonds. The summed E-state index contributed by atoms with van der Waals surface area (Å²) in [5.74, 6) is 0.441. The van der Waals surface area contributed by atoms with Crippen molar-refractivity contribution in [1.29, 1.82) is 0 Å². The van der Waals surface area contributed by atoms with Crippen LogP contribution in [0.3, 0.4) is 0 Å². The number of rotatable bonds is 6. The van der Waals surface area contributed by atoms with Crippen LogP contribution in [0.2, 0.25) is 0 Å². The summed E-state index contributed by atoms with van der Waals surface area (Å²) in [5.41, 5.74) is 2.11. The van der Waals surface area contributed by atoms with Crippen LogP contribution in [0.15, 0.2) is 35.9 Å². The minimum absolute atomic E-state index is 0.0523. The molecule has 2 fully saturated rings. The molecule has 0 aromatic heterocycles. The lowest BCUT2D eigenvalue weighted by Gasteiger charge is -2.08. The predicted molar refractivity (Wildman–Crippen MR) is 106 cm³/mol. The first-order valence-corrected chi connectivity index (χ1v) is 10.4. The summed E-state index contributed by atoms with van der Waals surface area (Å²) >= 11 is 1.35. The van der Waals surface area contributed by atoms with E-state index >= 15 is 0 Å². The van der Waals surface area contributed by atoms with Gasteiger partial charge in [0.2, 0.25) is 5.12 Å². The van der Waals surface area contributed by atoms with Gasteiger partial charge in [-0.05, 0) is 29.4 Å². The molecule has 27 heavy (non-hydrogen) atoms. The van der Waals surface area contributed by atoms with Gasteiger partial charge in [0, 0.05) is 22.8 Å². The number of benzene rings is 1. The zero-order chi connectivity index (χ0) is 19.8. The second kappa shape index (κ2) is 7.63. The quantitative estimate of drug-likeness (QED) is 0.411. The van der Waals surface area contributed by atoms with Crippen molar-refractivity contribution in [2.75, 3.05) is 5.75 Å². The van der Waals surface area contributed by atoms with E-state index < -0.39 is 0 Å². The van der Waals surface area contributed by atoms with E-state index in [0.717, 1.165) is 23.3 Å². The van der Waals surface area contributed by atoms with Crippen LogP contribution in [0.1, 0.15) is 50.0 Å². The summed E-state index contributed by atoms with van der Waals surface area (Å²) in [6, 6.07) is 7.25. The Morgan fingerprint density at radius 1 is 1.33 bits per heavy atom. The molecule has 2 aliphatic rings. The number of esters is 1. The van der Waals surface area contributed by atoms with Crippen LogP contribution in [0.5, 0.6) is 0 Å². The molecule has 1 saturated heterocycles. The lowest BCUT2D eigenvalue weighted by atomic mass is 10.00. The van der Waals surface area contributed by atoms with Crippen molar-refractivity contribution in [1.82, 2.24) is 0 Å². The fourth-order valence-corrected chi connectivity index (χ4v) is 4.51. The smallest absolute Gasteiger partial charge is 0.310 e. The molecule has 2 atom stereocenters. The molecule has 1 aliphatic carbocycles. The second-order valence-corrected chi connectivity index (χ2v) is 9.30. The number of carbonyl (C=O) groups is 3. The zero-order valence-electron chi connectivity index (χ0n) is 16.3. The van der Waals surface area contributed by atoms with Crippen molar-refractivity contribution in [2.45, 2.75) is 40.7 Å². The Morgan fingerprint density at radius 2 is 2.07 bits per heavy atom. The second-order valence-electron chi connectivity index (χ2n) is 8.23. The van der Waals surface area contributed by atoms with E-state index in [2.05, 4.69) is 0 Å². The van der Waals surface area contributed by atoms with Crippen molar-refractivity contribution in [3.8, 4) is 0 Å². The molecule has 1 heterocycles. The highest BCUT2D eigenvalue weighted by Gasteiger charge is 2.61. The Balaban J connectivity index is 1.62. The topological polar surface area (TPSA) is 60.4 Å². The van der Waals surface area contributed by atoms with Gasteiger partial charge in [-0.2, -0.15) is 0 Å². The first-order valence-electron chi connectivity index (χ1n) is 9.39. The van der Waals surface area contributed by atoms with Crippen molar-refractivity contribution in [3.05, 3.63) is 47.0 Å². The lowest BCUT2D eigenvalue weighted by molar-refractivity contribution is -0.147. The Labute approximate surface area is 164 Å². The molecule has 0 bridgehead atoms. The molecular formula is C22H26O4S. The molecule has 5 heteroatoms. The van der Waals surface area contributed by atoms with Gasteiger partial charge in [-0.3, -0.25) is 14.4 Å². The number of Topliss-reactive ketones (excluding diaryl/α,β-unsaturated/α-hetero) is 1. The van der Waals surface area contributed by atoms with Crippen LogP contribution in [-0.4, -0.2) is 22.6 Å². The molecule has 0 unspecified atom stereocenters. The third-order valence-corrected chi connectivity index (χ3v) is 6.46. The lowest BCUT2D eigenvalue weighted by Crippen LogP contribution is -2.11. The maximum Gasteiger partial charge on any atom is 0.310 e. The molecule has 1 aromatic rings. The number of allylic oxidation sites excluding steroid dienone is 1. The Kier molecular flexibility index (Phi) is 5.61. The summed E-state index contributed by atoms with van der Waals surface area (Å²) in [6.45, 7) is 7.96. The SMILES string of the molecule is CC(C)C(=O)c1cccc(COC(=O)[C@@H]2[C@H](/C=C3\CCSC3=O)C2(C)C)c1. The highest BCUT2D eigenvalue weighted by atomic mass is 32.2. The molecule has 0 radical (unpaired) electrons. The fraction of sp³-hybridized carbons (Fsp3) is 0.500. The number of ketones is 1. The summed E-state index contributed by atoms with van der Waals surface area (Å²) in [4.78, 5) is 36.5. The fourth-order valence-electron chi connectivity index (χ4n) is 3.65. The number of carbonyl (C=O) groups excluding carboxylic acids is 3. The Bertz CT molecular complexity index is 806. The number of thioether (sulfide) groups is 1. The molecular weight excluding hydrogens is 360 g/mol. The van der Waals surface area contributed by atoms with Crippen molar-refractivity contribution in [2.24, 2.45) is 23.2 Å². The largest absolute Gasteiger partial charge is 0.461 e. The molecule has 1 saturated carbocycles. The van der Waals surface area contributed by atoms with Crippen molar-refractivity contribution in [3.63, 3.8) is 0 Å². The van der Waals surface area contributed by atoms with Gasteiger partial charge in [-0.1, -0.05) is 63.7 Å². The van der Waals surface area contributed by atoms with Gasteiger partial charge in [-0.15, -0.1) is 0 Å². The minimum atomic E-state index is -0.236. The minimum Gasteiger partial charge on any atom is -0.461 e. The van der Waals surface area contributed by atoms with Crippen LogP contribution in [0.25, 0.3) is 0 Å². The molecule has 0 N–H and O–H groups in total. The van der Waals surface area contributed by atoms with Gasteiger partial charge in [0.1, 0.15) is 6.61 Å². The van der Waals surface area contributed by atoms with E-state index in [1.54, 1.807) is 12.1 Å². The normalized spacial score (nSPS) is 25.1. The van der Waals surface area contributed by atoms with Gasteiger partial charge in [0.05, 0.1) is 5.92 Å². The molecule has 1 aromatic carbocycles. The maximum absolute atomic E-state index is 12.6. The number of ether oxygens (including phenoxy) is 1. The highest BCUT2D eigenvalue weighted by Crippen LogP contribution is 2.60. The van der Waals surface area contributed by atoms with E-state index in [1.165, 1.54) is 11.8 Å². The van der Waals surface area contributed by atoms with Crippen molar-refractivity contribution >= 4 is 28.6 Å². The molecule has 144 valence electrons.